The molecule has 0 spiro atoms. The van der Waals surface area contributed by atoms with E-state index >= 15 is 0 Å². The summed E-state index contributed by atoms with van der Waals surface area (Å²) in [7, 11) is 0. The zero-order valence-corrected chi connectivity index (χ0v) is 13.0. The minimum absolute atomic E-state index is 0.0363. The molecule has 0 unspecified atom stereocenters. The van der Waals surface area contributed by atoms with Crippen LogP contribution in [0.2, 0.25) is 0 Å². The molecule has 1 aromatic heterocycles. The number of fused-ring (bicyclic) bond motifs is 2. The van der Waals surface area contributed by atoms with Gasteiger partial charge in [-0.3, -0.25) is 19.6 Å². The van der Waals surface area contributed by atoms with Gasteiger partial charge in [-0.25, -0.2) is 0 Å². The summed E-state index contributed by atoms with van der Waals surface area (Å²) in [5.74, 6) is 1.57. The summed E-state index contributed by atoms with van der Waals surface area (Å²) in [4.78, 5) is 22.9. The van der Waals surface area contributed by atoms with Crippen LogP contribution in [0.1, 0.15) is 50.0 Å². The molecule has 0 saturated heterocycles. The number of nitrogens with one attached hydrogen (secondary N) is 1. The number of aryl methyl sites for hydroxylation is 1. The average Bonchev–Trinajstić information content (AvgIpc) is 3.20. The molecular weight excluding hydrogens is 284 g/mol. The minimum atomic E-state index is -0.545. The van der Waals surface area contributed by atoms with E-state index in [1.54, 1.807) is 0 Å². The fraction of sp³-hybridized carbons (Fsp3) is 0.733. The molecule has 1 amide bonds. The first-order valence-electron chi connectivity index (χ1n) is 8.02. The topological polar surface area (TPSA) is 90.1 Å². The standard InChI is InChI=1S/C15H22N4O3/c1-3-18-8-13(19(21)22)14(17-18)15(20)16-9(2)12-7-10-4-5-11(12)6-10/h8-12H,3-7H2,1-2H3,(H,16,20)/t9-,10+,11+,12+/m0/s1. The number of carbonyl (C=O) groups is 1. The molecule has 0 aromatic carbocycles. The summed E-state index contributed by atoms with van der Waals surface area (Å²) in [6.45, 7) is 4.33. The van der Waals surface area contributed by atoms with Crippen LogP contribution in [0.3, 0.4) is 0 Å². The highest BCUT2D eigenvalue weighted by Crippen LogP contribution is 2.49. The normalized spacial score (nSPS) is 27.8. The largest absolute Gasteiger partial charge is 0.348 e. The van der Waals surface area contributed by atoms with Crippen LogP contribution in [0.25, 0.3) is 0 Å². The molecule has 0 radical (unpaired) electrons. The summed E-state index contributed by atoms with van der Waals surface area (Å²) in [6.07, 6.45) is 6.32. The maximum absolute atomic E-state index is 12.4. The lowest BCUT2D eigenvalue weighted by Crippen LogP contribution is -2.40. The third-order valence-electron chi connectivity index (χ3n) is 5.27. The number of nitrogens with zero attached hydrogens (tertiary/aromatic N) is 3. The second kappa shape index (κ2) is 5.70. The summed E-state index contributed by atoms with van der Waals surface area (Å²) in [5.41, 5.74) is -0.304. The molecule has 2 aliphatic rings. The number of nitro groups is 1. The first-order chi connectivity index (χ1) is 10.5. The van der Waals surface area contributed by atoms with Crippen molar-refractivity contribution >= 4 is 11.6 Å². The maximum Gasteiger partial charge on any atom is 0.320 e. The maximum atomic E-state index is 12.4. The van der Waals surface area contributed by atoms with Crippen LogP contribution < -0.4 is 5.32 Å². The number of amides is 1. The Bertz CT molecular complexity index is 598. The molecule has 0 aliphatic heterocycles. The van der Waals surface area contributed by atoms with E-state index in [1.165, 1.54) is 30.1 Å². The van der Waals surface area contributed by atoms with Gasteiger partial charge in [0.2, 0.25) is 5.69 Å². The molecule has 7 nitrogen and oxygen atoms in total. The smallest absolute Gasteiger partial charge is 0.320 e. The molecule has 2 bridgehead atoms. The second-order valence-electron chi connectivity index (χ2n) is 6.58. The Hall–Kier alpha value is -1.92. The van der Waals surface area contributed by atoms with Crippen LogP contribution in [0.5, 0.6) is 0 Å². The van der Waals surface area contributed by atoms with Gasteiger partial charge in [-0.1, -0.05) is 6.42 Å². The molecule has 4 atom stereocenters. The van der Waals surface area contributed by atoms with E-state index in [-0.39, 0.29) is 17.4 Å². The molecule has 1 N–H and O–H groups in total. The predicted octanol–water partition coefficient (Wildman–Crippen LogP) is 2.37. The van der Waals surface area contributed by atoms with E-state index in [4.69, 9.17) is 0 Å². The van der Waals surface area contributed by atoms with Crippen molar-refractivity contribution in [3.05, 3.63) is 22.0 Å². The Morgan fingerprint density at radius 2 is 2.32 bits per heavy atom. The first-order valence-corrected chi connectivity index (χ1v) is 8.02. The third-order valence-corrected chi connectivity index (χ3v) is 5.27. The number of rotatable bonds is 5. The molecule has 1 aromatic rings. The van der Waals surface area contributed by atoms with Crippen molar-refractivity contribution in [2.75, 3.05) is 0 Å². The number of hydrogen-bond acceptors (Lipinski definition) is 4. The Kier molecular flexibility index (Phi) is 3.88. The van der Waals surface area contributed by atoms with Crippen molar-refractivity contribution in [2.24, 2.45) is 17.8 Å². The monoisotopic (exact) mass is 306 g/mol. The Morgan fingerprint density at radius 3 is 2.86 bits per heavy atom. The van der Waals surface area contributed by atoms with Crippen LogP contribution in [0.4, 0.5) is 5.69 Å². The lowest BCUT2D eigenvalue weighted by atomic mass is 9.84. The van der Waals surface area contributed by atoms with Crippen LogP contribution >= 0.6 is 0 Å². The highest BCUT2D eigenvalue weighted by atomic mass is 16.6. The van der Waals surface area contributed by atoms with Gasteiger partial charge in [-0.05, 0) is 50.9 Å². The van der Waals surface area contributed by atoms with Gasteiger partial charge < -0.3 is 5.32 Å². The van der Waals surface area contributed by atoms with E-state index in [0.29, 0.717) is 18.4 Å². The minimum Gasteiger partial charge on any atom is -0.348 e. The van der Waals surface area contributed by atoms with Gasteiger partial charge in [0.1, 0.15) is 6.20 Å². The van der Waals surface area contributed by atoms with Crippen molar-refractivity contribution in [3.63, 3.8) is 0 Å². The zero-order valence-electron chi connectivity index (χ0n) is 13.0. The van der Waals surface area contributed by atoms with Crippen LogP contribution in [0.15, 0.2) is 6.20 Å². The molecule has 2 aliphatic carbocycles. The van der Waals surface area contributed by atoms with Gasteiger partial charge in [-0.2, -0.15) is 5.10 Å². The van der Waals surface area contributed by atoms with Gasteiger partial charge >= 0.3 is 5.69 Å². The van der Waals surface area contributed by atoms with Gasteiger partial charge in [0, 0.05) is 12.6 Å². The second-order valence-corrected chi connectivity index (χ2v) is 6.58. The van der Waals surface area contributed by atoms with E-state index < -0.39 is 10.8 Å². The van der Waals surface area contributed by atoms with E-state index in [9.17, 15) is 14.9 Å². The van der Waals surface area contributed by atoms with Crippen molar-refractivity contribution in [1.29, 1.82) is 0 Å². The Morgan fingerprint density at radius 1 is 1.55 bits per heavy atom. The molecule has 2 saturated carbocycles. The lowest BCUT2D eigenvalue weighted by Gasteiger charge is -2.28. The summed E-state index contributed by atoms with van der Waals surface area (Å²) in [5, 5.41) is 18.1. The van der Waals surface area contributed by atoms with Crippen molar-refractivity contribution in [2.45, 2.75) is 52.1 Å². The Labute approximate surface area is 129 Å². The summed E-state index contributed by atoms with van der Waals surface area (Å²) < 4.78 is 1.43. The number of hydrogen-bond donors (Lipinski definition) is 1. The van der Waals surface area contributed by atoms with Crippen molar-refractivity contribution in [1.82, 2.24) is 15.1 Å². The van der Waals surface area contributed by atoms with E-state index in [0.717, 1.165) is 12.3 Å². The van der Waals surface area contributed by atoms with Gasteiger partial charge in [0.05, 0.1) is 4.92 Å². The fourth-order valence-corrected chi connectivity index (χ4v) is 4.16. The molecular formula is C15H22N4O3. The van der Waals surface area contributed by atoms with Crippen LogP contribution in [-0.2, 0) is 6.54 Å². The highest BCUT2D eigenvalue weighted by Gasteiger charge is 2.42. The molecule has 22 heavy (non-hydrogen) atoms. The summed E-state index contributed by atoms with van der Waals surface area (Å²) >= 11 is 0. The zero-order chi connectivity index (χ0) is 15.9. The van der Waals surface area contributed by atoms with Gasteiger partial charge in [-0.15, -0.1) is 0 Å². The molecule has 120 valence electrons. The predicted molar refractivity (Wildman–Crippen MR) is 80.4 cm³/mol. The number of aromatic nitrogens is 2. The quantitative estimate of drug-likeness (QED) is 0.668. The summed E-state index contributed by atoms with van der Waals surface area (Å²) in [6, 6.07) is 0.0363. The van der Waals surface area contributed by atoms with Crippen molar-refractivity contribution in [3.8, 4) is 0 Å². The van der Waals surface area contributed by atoms with E-state index in [1.807, 2.05) is 13.8 Å². The fourth-order valence-electron chi connectivity index (χ4n) is 4.16. The van der Waals surface area contributed by atoms with E-state index in [2.05, 4.69) is 10.4 Å². The first kappa shape index (κ1) is 15.0. The van der Waals surface area contributed by atoms with Gasteiger partial charge in [0.25, 0.3) is 5.91 Å². The number of carbonyl (C=O) groups excluding carboxylic acids is 1. The molecule has 7 heteroatoms. The van der Waals surface area contributed by atoms with Crippen molar-refractivity contribution < 1.29 is 9.72 Å². The SMILES string of the molecule is CCn1cc([N+](=O)[O-])c(C(=O)N[C@@H](C)[C@H]2C[C@@H]3CC[C@@H]2C3)n1. The highest BCUT2D eigenvalue weighted by molar-refractivity contribution is 5.96. The Balaban J connectivity index is 1.71. The third kappa shape index (κ3) is 2.60. The molecule has 3 rings (SSSR count). The van der Waals surface area contributed by atoms with Gasteiger partial charge in [0.15, 0.2) is 0 Å². The lowest BCUT2D eigenvalue weighted by molar-refractivity contribution is -0.385. The van der Waals surface area contributed by atoms with Crippen LogP contribution in [0, 0.1) is 27.9 Å². The molecule has 2 fully saturated rings. The van der Waals surface area contributed by atoms with Crippen LogP contribution in [-0.4, -0.2) is 26.7 Å². The molecule has 1 heterocycles. The average molecular weight is 306 g/mol.